The van der Waals surface area contributed by atoms with E-state index >= 15 is 0 Å². The van der Waals surface area contributed by atoms with E-state index in [4.69, 9.17) is 5.73 Å². The molecule has 0 unspecified atom stereocenters. The second-order valence-electron chi connectivity index (χ2n) is 5.48. The van der Waals surface area contributed by atoms with Gasteiger partial charge in [0.05, 0.1) is 5.69 Å². The van der Waals surface area contributed by atoms with Crippen molar-refractivity contribution in [2.24, 2.45) is 0 Å². The number of nitrogens with two attached hydrogens (primary N) is 1. The topological polar surface area (TPSA) is 42.2 Å². The van der Waals surface area contributed by atoms with Gasteiger partial charge in [0.15, 0.2) is 5.13 Å². The van der Waals surface area contributed by atoms with Crippen molar-refractivity contribution in [2.45, 2.75) is 19.8 Å². The van der Waals surface area contributed by atoms with Gasteiger partial charge in [0.25, 0.3) is 0 Å². The fourth-order valence-electron chi connectivity index (χ4n) is 2.70. The molecule has 2 aromatic rings. The normalized spacial score (nSPS) is 16.5. The Kier molecular flexibility index (Phi) is 4.36. The molecule has 1 aliphatic heterocycles. The van der Waals surface area contributed by atoms with Crippen LogP contribution < -0.4 is 5.73 Å². The summed E-state index contributed by atoms with van der Waals surface area (Å²) in [4.78, 5) is 8.31. The van der Waals surface area contributed by atoms with Crippen LogP contribution in [0, 0.1) is 0 Å². The third-order valence-electron chi connectivity index (χ3n) is 4.00. The molecular weight excluding hydrogens is 278 g/mol. The predicted molar refractivity (Wildman–Crippen MR) is 90.5 cm³/mol. The summed E-state index contributed by atoms with van der Waals surface area (Å²) in [5.74, 6) is 0. The molecule has 0 radical (unpaired) electrons. The molecule has 0 aliphatic carbocycles. The number of anilines is 1. The van der Waals surface area contributed by atoms with Crippen molar-refractivity contribution in [2.75, 3.05) is 25.4 Å². The first kappa shape index (κ1) is 14.3. The van der Waals surface area contributed by atoms with Gasteiger partial charge in [-0.2, -0.15) is 0 Å². The van der Waals surface area contributed by atoms with Crippen molar-refractivity contribution in [1.29, 1.82) is 0 Å². The molecule has 0 bridgehead atoms. The van der Waals surface area contributed by atoms with Gasteiger partial charge in [0.2, 0.25) is 0 Å². The van der Waals surface area contributed by atoms with Crippen LogP contribution in [-0.4, -0.2) is 29.5 Å². The molecule has 0 amide bonds. The lowest BCUT2D eigenvalue weighted by molar-refractivity contribution is 0.318. The van der Waals surface area contributed by atoms with Crippen LogP contribution in [0.5, 0.6) is 0 Å². The van der Waals surface area contributed by atoms with E-state index in [1.807, 2.05) is 0 Å². The molecule has 21 heavy (non-hydrogen) atoms. The van der Waals surface area contributed by atoms with Crippen LogP contribution in [-0.2, 0) is 12.8 Å². The largest absolute Gasteiger partial charge is 0.375 e. The number of nitrogens with zero attached hydrogens (tertiary/aromatic N) is 2. The van der Waals surface area contributed by atoms with Gasteiger partial charge >= 0.3 is 0 Å². The number of allylic oxidation sites excluding steroid dienone is 1. The Morgan fingerprint density at radius 2 is 2.05 bits per heavy atom. The maximum atomic E-state index is 5.79. The van der Waals surface area contributed by atoms with E-state index in [1.54, 1.807) is 11.3 Å². The minimum atomic E-state index is 0.716. The summed E-state index contributed by atoms with van der Waals surface area (Å²) < 4.78 is 0. The second kappa shape index (κ2) is 6.41. The minimum Gasteiger partial charge on any atom is -0.375 e. The number of benzene rings is 1. The molecule has 0 saturated carbocycles. The number of nitrogen functional groups attached to an aromatic ring is 1. The average Bonchev–Trinajstić information content (AvgIpc) is 2.76. The first-order chi connectivity index (χ1) is 10.2. The van der Waals surface area contributed by atoms with Crippen molar-refractivity contribution in [1.82, 2.24) is 9.88 Å². The summed E-state index contributed by atoms with van der Waals surface area (Å²) in [6, 6.07) is 10.6. The molecule has 4 heteroatoms. The van der Waals surface area contributed by atoms with E-state index in [0.29, 0.717) is 5.13 Å². The van der Waals surface area contributed by atoms with Crippen LogP contribution in [0.4, 0.5) is 5.13 Å². The summed E-state index contributed by atoms with van der Waals surface area (Å²) in [5, 5.41) is 0.716. The smallest absolute Gasteiger partial charge is 0.180 e. The predicted octanol–water partition coefficient (Wildman–Crippen LogP) is 3.23. The zero-order valence-electron chi connectivity index (χ0n) is 12.4. The first-order valence-corrected chi connectivity index (χ1v) is 8.22. The monoisotopic (exact) mass is 299 g/mol. The van der Waals surface area contributed by atoms with Crippen LogP contribution in [0.25, 0.3) is 5.57 Å². The molecule has 1 aromatic carbocycles. The van der Waals surface area contributed by atoms with Crippen LogP contribution in [0.2, 0.25) is 0 Å². The first-order valence-electron chi connectivity index (χ1n) is 7.41. The van der Waals surface area contributed by atoms with Crippen LogP contribution in [0.1, 0.15) is 23.1 Å². The molecule has 0 fully saturated rings. The summed E-state index contributed by atoms with van der Waals surface area (Å²) >= 11 is 1.65. The van der Waals surface area contributed by atoms with Gasteiger partial charge in [-0.05, 0) is 24.5 Å². The standard InChI is InChI=1S/C17H21N3S/c1-13(14-5-3-2-4-6-14)7-10-20-11-8-15-16(9-12-20)21-17(18)19-15/h2-7H,8-12H2,1H3,(H2,18,19)/b13-7-. The highest BCUT2D eigenvalue weighted by Crippen LogP contribution is 2.24. The molecule has 2 N–H and O–H groups in total. The average molecular weight is 299 g/mol. The van der Waals surface area contributed by atoms with Gasteiger partial charge in [-0.1, -0.05) is 36.4 Å². The van der Waals surface area contributed by atoms with Gasteiger partial charge in [-0.15, -0.1) is 11.3 Å². The number of hydrogen-bond acceptors (Lipinski definition) is 4. The number of thiazole rings is 1. The minimum absolute atomic E-state index is 0.716. The Morgan fingerprint density at radius 3 is 2.86 bits per heavy atom. The Morgan fingerprint density at radius 1 is 1.29 bits per heavy atom. The van der Waals surface area contributed by atoms with Gasteiger partial charge in [-0.25, -0.2) is 4.98 Å². The molecule has 1 aliphatic rings. The summed E-state index contributed by atoms with van der Waals surface area (Å²) in [5.41, 5.74) is 9.65. The Hall–Kier alpha value is -1.65. The van der Waals surface area contributed by atoms with Gasteiger partial charge in [-0.3, -0.25) is 4.90 Å². The number of rotatable bonds is 3. The van der Waals surface area contributed by atoms with E-state index in [-0.39, 0.29) is 0 Å². The molecule has 0 saturated heterocycles. The van der Waals surface area contributed by atoms with Crippen LogP contribution in [0.15, 0.2) is 36.4 Å². The van der Waals surface area contributed by atoms with E-state index in [9.17, 15) is 0 Å². The van der Waals surface area contributed by atoms with Crippen LogP contribution in [0.3, 0.4) is 0 Å². The lowest BCUT2D eigenvalue weighted by atomic mass is 10.1. The van der Waals surface area contributed by atoms with Gasteiger partial charge < -0.3 is 5.73 Å². The fourth-order valence-corrected chi connectivity index (χ4v) is 3.56. The molecule has 110 valence electrons. The van der Waals surface area contributed by atoms with Crippen molar-refractivity contribution in [3.63, 3.8) is 0 Å². The molecule has 0 spiro atoms. The summed E-state index contributed by atoms with van der Waals surface area (Å²) in [6.07, 6.45) is 4.42. The van der Waals surface area contributed by atoms with E-state index in [1.165, 1.54) is 21.7 Å². The van der Waals surface area contributed by atoms with E-state index in [2.05, 4.69) is 53.2 Å². The maximum absolute atomic E-state index is 5.79. The molecule has 2 heterocycles. The summed E-state index contributed by atoms with van der Waals surface area (Å²) in [6.45, 7) is 5.35. The van der Waals surface area contributed by atoms with Crippen molar-refractivity contribution in [3.05, 3.63) is 52.5 Å². The van der Waals surface area contributed by atoms with Crippen LogP contribution >= 0.6 is 11.3 Å². The molecule has 3 rings (SSSR count). The van der Waals surface area contributed by atoms with E-state index < -0.39 is 0 Å². The highest BCUT2D eigenvalue weighted by Gasteiger charge is 2.16. The number of hydrogen-bond donors (Lipinski definition) is 1. The Balaban J connectivity index is 1.61. The molecule has 0 atom stereocenters. The number of fused-ring (bicyclic) bond motifs is 1. The highest BCUT2D eigenvalue weighted by atomic mass is 32.1. The maximum Gasteiger partial charge on any atom is 0.180 e. The van der Waals surface area contributed by atoms with Crippen molar-refractivity contribution < 1.29 is 0 Å². The molecule has 3 nitrogen and oxygen atoms in total. The lowest BCUT2D eigenvalue weighted by Crippen LogP contribution is -2.26. The SMILES string of the molecule is C/C(=C/CN1CCc2nc(N)sc2CC1)c1ccccc1. The third kappa shape index (κ3) is 3.52. The molecule has 1 aromatic heterocycles. The highest BCUT2D eigenvalue weighted by molar-refractivity contribution is 7.15. The number of aromatic nitrogens is 1. The lowest BCUT2D eigenvalue weighted by Gasteiger charge is -2.18. The van der Waals surface area contributed by atoms with Crippen molar-refractivity contribution >= 4 is 22.0 Å². The van der Waals surface area contributed by atoms with Gasteiger partial charge in [0, 0.05) is 30.9 Å². The molecular formula is C17H21N3S. The fraction of sp³-hybridized carbons (Fsp3) is 0.353. The third-order valence-corrected chi connectivity index (χ3v) is 4.99. The summed E-state index contributed by atoms with van der Waals surface area (Å²) in [7, 11) is 0. The zero-order valence-corrected chi connectivity index (χ0v) is 13.2. The van der Waals surface area contributed by atoms with Crippen molar-refractivity contribution in [3.8, 4) is 0 Å². The Bertz CT molecular complexity index is 605. The zero-order chi connectivity index (χ0) is 14.7. The van der Waals surface area contributed by atoms with E-state index in [0.717, 1.165) is 32.5 Å². The quantitative estimate of drug-likeness (QED) is 0.946. The van der Waals surface area contributed by atoms with Gasteiger partial charge in [0.1, 0.15) is 0 Å². The Labute approximate surface area is 130 Å². The second-order valence-corrected chi connectivity index (χ2v) is 6.59.